The molecule has 0 aliphatic heterocycles. The quantitative estimate of drug-likeness (QED) is 0.843. The Labute approximate surface area is 131 Å². The van der Waals surface area contributed by atoms with Gasteiger partial charge in [-0.05, 0) is 31.0 Å². The van der Waals surface area contributed by atoms with E-state index >= 15 is 0 Å². The number of aromatic nitrogens is 2. The molecule has 0 atom stereocenters. The molecule has 1 aliphatic rings. The maximum Gasteiger partial charge on any atom is 0.247 e. The monoisotopic (exact) mass is 347 g/mol. The molecular weight excluding hydrogens is 334 g/mol. The maximum atomic E-state index is 9.48. The summed E-state index contributed by atoms with van der Waals surface area (Å²) < 4.78 is 11.6. The lowest BCUT2D eigenvalue weighted by molar-refractivity contribution is 0.321. The summed E-state index contributed by atoms with van der Waals surface area (Å²) in [5, 5.41) is 13.5. The summed E-state index contributed by atoms with van der Waals surface area (Å²) in [6.45, 7) is 0. The standard InChI is InChI=1S/C15H14BrN3O2/c1-20-12-5-4-10(16)8-11(12)13-18-14(21-19-13)15(9-17)6-2-3-7-15/h4-5,8H,2-3,6-7H2,1H3. The number of hydrogen-bond acceptors (Lipinski definition) is 5. The van der Waals surface area contributed by atoms with Gasteiger partial charge in [0, 0.05) is 4.47 Å². The van der Waals surface area contributed by atoms with Gasteiger partial charge in [0.05, 0.1) is 18.7 Å². The number of nitrogens with zero attached hydrogens (tertiary/aromatic N) is 3. The van der Waals surface area contributed by atoms with Crippen LogP contribution in [0, 0.1) is 11.3 Å². The van der Waals surface area contributed by atoms with Crippen molar-refractivity contribution in [1.82, 2.24) is 10.1 Å². The van der Waals surface area contributed by atoms with E-state index < -0.39 is 5.41 Å². The zero-order chi connectivity index (χ0) is 14.9. The molecule has 21 heavy (non-hydrogen) atoms. The molecule has 1 heterocycles. The van der Waals surface area contributed by atoms with Crippen LogP contribution in [-0.2, 0) is 5.41 Å². The Morgan fingerprint density at radius 1 is 1.38 bits per heavy atom. The fourth-order valence-corrected chi connectivity index (χ4v) is 3.10. The Morgan fingerprint density at radius 3 is 2.81 bits per heavy atom. The van der Waals surface area contributed by atoms with Crippen molar-refractivity contribution < 1.29 is 9.26 Å². The van der Waals surface area contributed by atoms with Gasteiger partial charge in [-0.1, -0.05) is 33.9 Å². The number of ether oxygens (including phenoxy) is 1. The fourth-order valence-electron chi connectivity index (χ4n) is 2.73. The van der Waals surface area contributed by atoms with E-state index in [0.29, 0.717) is 17.5 Å². The summed E-state index contributed by atoms with van der Waals surface area (Å²) in [4.78, 5) is 4.45. The Morgan fingerprint density at radius 2 is 2.14 bits per heavy atom. The Bertz CT molecular complexity index is 699. The van der Waals surface area contributed by atoms with Crippen molar-refractivity contribution in [2.75, 3.05) is 7.11 Å². The van der Waals surface area contributed by atoms with E-state index in [1.807, 2.05) is 18.2 Å². The average molecular weight is 348 g/mol. The minimum atomic E-state index is -0.621. The first-order valence-corrected chi connectivity index (χ1v) is 7.57. The predicted molar refractivity (Wildman–Crippen MR) is 79.7 cm³/mol. The van der Waals surface area contributed by atoms with Gasteiger partial charge in [-0.3, -0.25) is 0 Å². The van der Waals surface area contributed by atoms with Crippen LogP contribution < -0.4 is 4.74 Å². The maximum absolute atomic E-state index is 9.48. The number of benzene rings is 1. The molecule has 0 spiro atoms. The third-order valence-electron chi connectivity index (χ3n) is 3.91. The van der Waals surface area contributed by atoms with Gasteiger partial charge in [0.1, 0.15) is 11.2 Å². The van der Waals surface area contributed by atoms with E-state index in [2.05, 4.69) is 32.1 Å². The molecule has 0 N–H and O–H groups in total. The first-order valence-electron chi connectivity index (χ1n) is 6.78. The normalized spacial score (nSPS) is 16.6. The van der Waals surface area contributed by atoms with Crippen LogP contribution in [0.1, 0.15) is 31.6 Å². The van der Waals surface area contributed by atoms with Gasteiger partial charge in [0.15, 0.2) is 0 Å². The molecule has 0 saturated heterocycles. The smallest absolute Gasteiger partial charge is 0.247 e. The van der Waals surface area contributed by atoms with Crippen LogP contribution in [0.3, 0.4) is 0 Å². The first kappa shape index (κ1) is 14.1. The highest BCUT2D eigenvalue weighted by atomic mass is 79.9. The van der Waals surface area contributed by atoms with Crippen LogP contribution >= 0.6 is 15.9 Å². The highest BCUT2D eigenvalue weighted by Crippen LogP contribution is 2.41. The Hall–Kier alpha value is -1.87. The van der Waals surface area contributed by atoms with Crippen LogP contribution in [0.25, 0.3) is 11.4 Å². The predicted octanol–water partition coefficient (Wildman–Crippen LogP) is 3.84. The van der Waals surface area contributed by atoms with Gasteiger partial charge >= 0.3 is 0 Å². The third kappa shape index (κ3) is 2.42. The van der Waals surface area contributed by atoms with E-state index in [1.165, 1.54) is 0 Å². The van der Waals surface area contributed by atoms with Gasteiger partial charge in [-0.15, -0.1) is 0 Å². The molecule has 2 aromatic rings. The molecule has 6 heteroatoms. The zero-order valence-corrected chi connectivity index (χ0v) is 13.2. The number of halogens is 1. The Kier molecular flexibility index (Phi) is 3.68. The molecular formula is C15H14BrN3O2. The molecule has 0 amide bonds. The molecule has 5 nitrogen and oxygen atoms in total. The van der Waals surface area contributed by atoms with Crippen LogP contribution in [-0.4, -0.2) is 17.3 Å². The van der Waals surface area contributed by atoms with E-state index in [9.17, 15) is 5.26 Å². The second kappa shape index (κ2) is 5.49. The summed E-state index contributed by atoms with van der Waals surface area (Å²) in [5.74, 6) is 1.53. The van der Waals surface area contributed by atoms with Crippen LogP contribution in [0.2, 0.25) is 0 Å². The lowest BCUT2D eigenvalue weighted by Crippen LogP contribution is -2.19. The molecule has 0 unspecified atom stereocenters. The fraction of sp³-hybridized carbons (Fsp3) is 0.400. The minimum absolute atomic E-state index is 0.416. The summed E-state index contributed by atoms with van der Waals surface area (Å²) in [6.07, 6.45) is 3.60. The molecule has 1 aromatic carbocycles. The van der Waals surface area contributed by atoms with Gasteiger partial charge in [0.2, 0.25) is 11.7 Å². The van der Waals surface area contributed by atoms with Crippen LogP contribution in [0.5, 0.6) is 5.75 Å². The van der Waals surface area contributed by atoms with Gasteiger partial charge in [-0.2, -0.15) is 10.2 Å². The van der Waals surface area contributed by atoms with E-state index in [-0.39, 0.29) is 0 Å². The SMILES string of the molecule is COc1ccc(Br)cc1-c1noc(C2(C#N)CCCC2)n1. The molecule has 1 aliphatic carbocycles. The molecule has 0 bridgehead atoms. The number of rotatable bonds is 3. The first-order chi connectivity index (χ1) is 10.2. The topological polar surface area (TPSA) is 71.9 Å². The van der Waals surface area contributed by atoms with Crippen LogP contribution in [0.4, 0.5) is 0 Å². The second-order valence-corrected chi connectivity index (χ2v) is 6.08. The summed E-state index contributed by atoms with van der Waals surface area (Å²) >= 11 is 3.43. The third-order valence-corrected chi connectivity index (χ3v) is 4.40. The van der Waals surface area contributed by atoms with Crippen molar-refractivity contribution in [1.29, 1.82) is 5.26 Å². The van der Waals surface area contributed by atoms with Crippen molar-refractivity contribution in [3.63, 3.8) is 0 Å². The lowest BCUT2D eigenvalue weighted by Gasteiger charge is -2.13. The van der Waals surface area contributed by atoms with Crippen molar-refractivity contribution in [2.45, 2.75) is 31.1 Å². The van der Waals surface area contributed by atoms with Gasteiger partial charge < -0.3 is 9.26 Å². The van der Waals surface area contributed by atoms with E-state index in [0.717, 1.165) is 35.7 Å². The van der Waals surface area contributed by atoms with Crippen molar-refractivity contribution in [3.8, 4) is 23.2 Å². The summed E-state index contributed by atoms with van der Waals surface area (Å²) in [6, 6.07) is 7.96. The van der Waals surface area contributed by atoms with Crippen molar-refractivity contribution in [2.24, 2.45) is 0 Å². The highest BCUT2D eigenvalue weighted by Gasteiger charge is 2.41. The largest absolute Gasteiger partial charge is 0.496 e. The average Bonchev–Trinajstić information content (AvgIpc) is 3.17. The highest BCUT2D eigenvalue weighted by molar-refractivity contribution is 9.10. The minimum Gasteiger partial charge on any atom is -0.496 e. The van der Waals surface area contributed by atoms with Gasteiger partial charge in [0.25, 0.3) is 0 Å². The molecule has 1 saturated carbocycles. The summed E-state index contributed by atoms with van der Waals surface area (Å²) in [5.41, 5.74) is 0.123. The second-order valence-electron chi connectivity index (χ2n) is 5.17. The lowest BCUT2D eigenvalue weighted by atomic mass is 9.88. The molecule has 3 rings (SSSR count). The molecule has 1 aromatic heterocycles. The van der Waals surface area contributed by atoms with E-state index in [4.69, 9.17) is 9.26 Å². The number of hydrogen-bond donors (Lipinski definition) is 0. The van der Waals surface area contributed by atoms with Crippen molar-refractivity contribution >= 4 is 15.9 Å². The zero-order valence-electron chi connectivity index (χ0n) is 11.6. The van der Waals surface area contributed by atoms with Gasteiger partial charge in [-0.25, -0.2) is 0 Å². The summed E-state index contributed by atoms with van der Waals surface area (Å²) in [7, 11) is 1.60. The van der Waals surface area contributed by atoms with Crippen molar-refractivity contribution in [3.05, 3.63) is 28.6 Å². The Balaban J connectivity index is 2.03. The number of nitriles is 1. The van der Waals surface area contributed by atoms with E-state index in [1.54, 1.807) is 7.11 Å². The number of methoxy groups -OCH3 is 1. The molecule has 1 fully saturated rings. The van der Waals surface area contributed by atoms with Crippen LogP contribution in [0.15, 0.2) is 27.2 Å². The molecule has 0 radical (unpaired) electrons. The molecule has 108 valence electrons.